The molecule has 32 heavy (non-hydrogen) atoms. The first-order chi connectivity index (χ1) is 15.4. The number of nitro groups is 1. The molecule has 5 aromatic carbocycles. The van der Waals surface area contributed by atoms with Crippen LogP contribution in [0.1, 0.15) is 25.0 Å². The predicted molar refractivity (Wildman–Crippen MR) is 131 cm³/mol. The molecular formula is C29H21NO2. The monoisotopic (exact) mass is 415 g/mol. The van der Waals surface area contributed by atoms with Gasteiger partial charge in [0, 0.05) is 5.41 Å². The van der Waals surface area contributed by atoms with E-state index in [9.17, 15) is 10.1 Å². The van der Waals surface area contributed by atoms with E-state index in [-0.39, 0.29) is 16.0 Å². The van der Waals surface area contributed by atoms with Crippen molar-refractivity contribution in [1.82, 2.24) is 0 Å². The van der Waals surface area contributed by atoms with Crippen molar-refractivity contribution in [1.29, 1.82) is 0 Å². The molecule has 154 valence electrons. The maximum atomic E-state index is 12.1. The van der Waals surface area contributed by atoms with E-state index in [1.165, 1.54) is 27.5 Å². The van der Waals surface area contributed by atoms with Crippen molar-refractivity contribution < 1.29 is 4.92 Å². The average molecular weight is 415 g/mol. The summed E-state index contributed by atoms with van der Waals surface area (Å²) in [5.41, 5.74) is 6.51. The van der Waals surface area contributed by atoms with E-state index in [1.54, 1.807) is 0 Å². The summed E-state index contributed by atoms with van der Waals surface area (Å²) in [6.45, 7) is 4.51. The molecule has 0 spiro atoms. The first kappa shape index (κ1) is 18.8. The summed E-state index contributed by atoms with van der Waals surface area (Å²) in [6, 6.07) is 30.6. The topological polar surface area (TPSA) is 43.1 Å². The third-order valence-electron chi connectivity index (χ3n) is 6.94. The van der Waals surface area contributed by atoms with Crippen LogP contribution < -0.4 is 0 Å². The highest BCUT2D eigenvalue weighted by atomic mass is 16.6. The molecule has 0 N–H and O–H groups in total. The molecule has 0 aliphatic heterocycles. The summed E-state index contributed by atoms with van der Waals surface area (Å²) in [5.74, 6) is 0. The Bertz CT molecular complexity index is 1580. The van der Waals surface area contributed by atoms with Gasteiger partial charge in [-0.15, -0.1) is 0 Å². The number of fused-ring (bicyclic) bond motifs is 5. The molecule has 3 heteroatoms. The summed E-state index contributed by atoms with van der Waals surface area (Å²) < 4.78 is 0. The van der Waals surface area contributed by atoms with Crippen molar-refractivity contribution in [2.45, 2.75) is 19.3 Å². The van der Waals surface area contributed by atoms with Crippen molar-refractivity contribution in [2.24, 2.45) is 0 Å². The molecule has 6 rings (SSSR count). The van der Waals surface area contributed by atoms with Crippen LogP contribution in [0, 0.1) is 10.1 Å². The Hall–Kier alpha value is -3.98. The van der Waals surface area contributed by atoms with Crippen molar-refractivity contribution >= 4 is 27.2 Å². The number of benzene rings is 5. The predicted octanol–water partition coefficient (Wildman–Crippen LogP) is 7.87. The second kappa shape index (κ2) is 6.51. The summed E-state index contributed by atoms with van der Waals surface area (Å²) in [5, 5.41) is 16.1. The van der Waals surface area contributed by atoms with Gasteiger partial charge in [-0.05, 0) is 74.3 Å². The highest BCUT2D eigenvalue weighted by molar-refractivity contribution is 6.00. The molecule has 3 nitrogen and oxygen atoms in total. The van der Waals surface area contributed by atoms with Crippen molar-refractivity contribution in [3.63, 3.8) is 0 Å². The van der Waals surface area contributed by atoms with E-state index in [4.69, 9.17) is 0 Å². The van der Waals surface area contributed by atoms with Crippen LogP contribution in [0.4, 0.5) is 5.69 Å². The van der Waals surface area contributed by atoms with E-state index in [0.717, 1.165) is 16.5 Å². The summed E-state index contributed by atoms with van der Waals surface area (Å²) in [4.78, 5) is 11.8. The zero-order chi connectivity index (χ0) is 22.0. The number of nitro benzene ring substituents is 1. The minimum absolute atomic E-state index is 0.122. The summed E-state index contributed by atoms with van der Waals surface area (Å²) >= 11 is 0. The first-order valence-electron chi connectivity index (χ1n) is 10.8. The van der Waals surface area contributed by atoms with Gasteiger partial charge in [-0.1, -0.05) is 74.5 Å². The number of rotatable bonds is 2. The largest absolute Gasteiger partial charge is 0.284 e. The van der Waals surface area contributed by atoms with Crippen LogP contribution in [-0.2, 0) is 5.41 Å². The SMILES string of the molecule is CC1(C)c2ccc(-c3ccc4ccccc4c3[N+](=O)[O-])cc2-c2cc3ccccc3cc21. The van der Waals surface area contributed by atoms with Crippen molar-refractivity contribution in [3.8, 4) is 22.3 Å². The Morgan fingerprint density at radius 1 is 0.656 bits per heavy atom. The van der Waals surface area contributed by atoms with Gasteiger partial charge in [0.25, 0.3) is 5.69 Å². The first-order valence-corrected chi connectivity index (χ1v) is 10.8. The zero-order valence-electron chi connectivity index (χ0n) is 17.9. The second-order valence-corrected chi connectivity index (χ2v) is 9.07. The fourth-order valence-corrected chi connectivity index (χ4v) is 5.29. The molecule has 5 aromatic rings. The lowest BCUT2D eigenvalue weighted by atomic mass is 9.81. The highest BCUT2D eigenvalue weighted by Gasteiger charge is 2.36. The third-order valence-corrected chi connectivity index (χ3v) is 6.94. The summed E-state index contributed by atoms with van der Waals surface area (Å²) in [7, 11) is 0. The fraction of sp³-hybridized carbons (Fsp3) is 0.103. The quantitative estimate of drug-likeness (QED) is 0.217. The van der Waals surface area contributed by atoms with Gasteiger partial charge >= 0.3 is 0 Å². The molecule has 0 amide bonds. The van der Waals surface area contributed by atoms with E-state index >= 15 is 0 Å². The molecule has 0 atom stereocenters. The molecule has 0 saturated heterocycles. The number of hydrogen-bond acceptors (Lipinski definition) is 2. The molecule has 0 aromatic heterocycles. The van der Waals surface area contributed by atoms with Crippen LogP contribution in [0.2, 0.25) is 0 Å². The van der Waals surface area contributed by atoms with E-state index in [0.29, 0.717) is 10.9 Å². The third kappa shape index (κ3) is 2.54. The van der Waals surface area contributed by atoms with Gasteiger partial charge in [0.2, 0.25) is 0 Å². The lowest BCUT2D eigenvalue weighted by molar-refractivity contribution is -0.382. The van der Waals surface area contributed by atoms with Crippen LogP contribution in [0.5, 0.6) is 0 Å². The normalized spacial score (nSPS) is 13.8. The Balaban J connectivity index is 1.62. The van der Waals surface area contributed by atoms with Crippen LogP contribution in [0.25, 0.3) is 43.8 Å². The number of hydrogen-bond donors (Lipinski definition) is 0. The molecule has 0 saturated carbocycles. The molecule has 0 heterocycles. The molecule has 0 bridgehead atoms. The standard InChI is InChI=1S/C29H21NO2/c1-29(2)26-14-12-21(23-13-11-18-7-5-6-10-22(18)28(23)30(31)32)16-24(26)25-15-19-8-3-4-9-20(19)17-27(25)29/h3-17H,1-2H3. The summed E-state index contributed by atoms with van der Waals surface area (Å²) in [6.07, 6.45) is 0. The average Bonchev–Trinajstić information content (AvgIpc) is 3.02. The Morgan fingerprint density at radius 2 is 1.31 bits per heavy atom. The van der Waals surface area contributed by atoms with Gasteiger partial charge in [-0.3, -0.25) is 10.1 Å². The van der Waals surface area contributed by atoms with E-state index in [2.05, 4.69) is 62.4 Å². The van der Waals surface area contributed by atoms with Gasteiger partial charge in [0.1, 0.15) is 0 Å². The molecule has 0 fully saturated rings. The van der Waals surface area contributed by atoms with Gasteiger partial charge in [0.05, 0.1) is 15.9 Å². The lowest BCUT2D eigenvalue weighted by Crippen LogP contribution is -2.14. The van der Waals surface area contributed by atoms with E-state index < -0.39 is 0 Å². The Labute approximate surface area is 186 Å². The van der Waals surface area contributed by atoms with Crippen LogP contribution >= 0.6 is 0 Å². The lowest BCUT2D eigenvalue weighted by Gasteiger charge is -2.22. The zero-order valence-corrected chi connectivity index (χ0v) is 17.9. The number of nitrogens with zero attached hydrogens (tertiary/aromatic N) is 1. The van der Waals surface area contributed by atoms with Gasteiger partial charge in [-0.25, -0.2) is 0 Å². The van der Waals surface area contributed by atoms with E-state index in [1.807, 2.05) is 42.5 Å². The van der Waals surface area contributed by atoms with Crippen molar-refractivity contribution in [3.05, 3.63) is 112 Å². The second-order valence-electron chi connectivity index (χ2n) is 9.07. The molecule has 0 radical (unpaired) electrons. The molecule has 0 unspecified atom stereocenters. The molecular weight excluding hydrogens is 394 g/mol. The fourth-order valence-electron chi connectivity index (χ4n) is 5.29. The van der Waals surface area contributed by atoms with Crippen LogP contribution in [0.15, 0.2) is 91.0 Å². The minimum atomic E-state index is -0.254. The Kier molecular flexibility index (Phi) is 3.82. The highest BCUT2D eigenvalue weighted by Crippen LogP contribution is 2.51. The van der Waals surface area contributed by atoms with Gasteiger partial charge in [0.15, 0.2) is 0 Å². The van der Waals surface area contributed by atoms with Gasteiger partial charge < -0.3 is 0 Å². The maximum Gasteiger partial charge on any atom is 0.284 e. The smallest absolute Gasteiger partial charge is 0.258 e. The van der Waals surface area contributed by atoms with Crippen LogP contribution in [0.3, 0.4) is 0 Å². The maximum absolute atomic E-state index is 12.1. The Morgan fingerprint density at radius 3 is 2.06 bits per heavy atom. The van der Waals surface area contributed by atoms with Crippen molar-refractivity contribution in [2.75, 3.05) is 0 Å². The molecule has 1 aliphatic rings. The minimum Gasteiger partial charge on any atom is -0.258 e. The van der Waals surface area contributed by atoms with Crippen LogP contribution in [-0.4, -0.2) is 4.92 Å². The molecule has 1 aliphatic carbocycles. The van der Waals surface area contributed by atoms with Gasteiger partial charge in [-0.2, -0.15) is 0 Å².